The van der Waals surface area contributed by atoms with Gasteiger partial charge in [-0.2, -0.15) is 0 Å². The maximum absolute atomic E-state index is 11.5. The lowest BCUT2D eigenvalue weighted by Gasteiger charge is -2.11. The molecular formula is C17H25N3O8. The summed E-state index contributed by atoms with van der Waals surface area (Å²) >= 11 is 0. The summed E-state index contributed by atoms with van der Waals surface area (Å²) in [7, 11) is 0. The fourth-order valence-electron chi connectivity index (χ4n) is 1.78. The highest BCUT2D eigenvalue weighted by molar-refractivity contribution is 5.87. The molecule has 11 heteroatoms. The van der Waals surface area contributed by atoms with Crippen molar-refractivity contribution in [2.75, 3.05) is 33.0 Å². The summed E-state index contributed by atoms with van der Waals surface area (Å²) in [5.41, 5.74) is 0.773. The zero-order valence-electron chi connectivity index (χ0n) is 15.8. The van der Waals surface area contributed by atoms with E-state index < -0.39 is 12.2 Å². The number of hydrogen-bond acceptors (Lipinski definition) is 10. The molecule has 0 aromatic rings. The van der Waals surface area contributed by atoms with Crippen LogP contribution in [-0.2, 0) is 28.8 Å². The maximum atomic E-state index is 11.5. The van der Waals surface area contributed by atoms with Crippen molar-refractivity contribution in [2.45, 2.75) is 38.6 Å². The average molecular weight is 399 g/mol. The fraction of sp³-hybridized carbons (Fsp3) is 0.647. The Morgan fingerprint density at radius 1 is 1.00 bits per heavy atom. The van der Waals surface area contributed by atoms with Crippen molar-refractivity contribution in [1.82, 2.24) is 5.32 Å². The van der Waals surface area contributed by atoms with Crippen LogP contribution in [0.2, 0.25) is 0 Å². The van der Waals surface area contributed by atoms with Crippen molar-refractivity contribution in [3.05, 3.63) is 12.2 Å². The lowest BCUT2D eigenvalue weighted by atomic mass is 10.1. The molecule has 0 radical (unpaired) electrons. The average Bonchev–Trinajstić information content (AvgIpc) is 2.64. The van der Waals surface area contributed by atoms with Crippen LogP contribution in [0.3, 0.4) is 0 Å². The normalized spacial score (nSPS) is 10.8. The van der Waals surface area contributed by atoms with Crippen LogP contribution in [0.5, 0.6) is 0 Å². The Hall–Kier alpha value is -2.84. The minimum atomic E-state index is -0.994. The number of imide groups is 1. The van der Waals surface area contributed by atoms with Crippen molar-refractivity contribution < 1.29 is 38.4 Å². The van der Waals surface area contributed by atoms with E-state index in [0.29, 0.717) is 25.8 Å². The van der Waals surface area contributed by atoms with Gasteiger partial charge in [0.1, 0.15) is 19.8 Å². The first kappa shape index (κ1) is 25.2. The van der Waals surface area contributed by atoms with Crippen LogP contribution in [0.25, 0.3) is 0 Å². The van der Waals surface area contributed by atoms with Crippen LogP contribution in [-0.4, -0.2) is 63.4 Å². The number of aliphatic imine (C=N–C) groups is 2. The third kappa shape index (κ3) is 16.6. The molecule has 11 nitrogen and oxygen atoms in total. The number of amides is 2. The first-order valence-electron chi connectivity index (χ1n) is 8.59. The molecule has 0 aliphatic heterocycles. The number of rotatable bonds is 15. The molecule has 0 aliphatic carbocycles. The topological polar surface area (TPSA) is 142 Å². The van der Waals surface area contributed by atoms with E-state index in [4.69, 9.17) is 14.5 Å². The zero-order valence-corrected chi connectivity index (χ0v) is 15.8. The number of nitrogens with one attached hydrogen (secondary N) is 1. The summed E-state index contributed by atoms with van der Waals surface area (Å²) in [5, 5.41) is 1.87. The lowest BCUT2D eigenvalue weighted by molar-refractivity contribution is -0.290. The third-order valence-electron chi connectivity index (χ3n) is 3.03. The maximum Gasteiger partial charge on any atom is 0.416 e. The third-order valence-corrected chi connectivity index (χ3v) is 3.03. The van der Waals surface area contributed by atoms with Gasteiger partial charge in [-0.15, -0.1) is 0 Å². The minimum Gasteiger partial charge on any atom is -0.449 e. The molecular weight excluding hydrogens is 374 g/mol. The van der Waals surface area contributed by atoms with Crippen molar-refractivity contribution in [3.8, 4) is 0 Å². The van der Waals surface area contributed by atoms with E-state index in [-0.39, 0.29) is 38.9 Å². The molecule has 156 valence electrons. The first-order valence-corrected chi connectivity index (χ1v) is 8.59. The highest BCUT2D eigenvalue weighted by Crippen LogP contribution is 2.09. The predicted octanol–water partition coefficient (Wildman–Crippen LogP) is 1.97. The molecule has 0 fully saturated rings. The first-order chi connectivity index (χ1) is 13.5. The van der Waals surface area contributed by atoms with Gasteiger partial charge in [0.15, 0.2) is 0 Å². The van der Waals surface area contributed by atoms with Gasteiger partial charge in [-0.3, -0.25) is 0 Å². The molecule has 28 heavy (non-hydrogen) atoms. The van der Waals surface area contributed by atoms with E-state index in [1.165, 1.54) is 12.2 Å². The molecule has 2 amide bonds. The molecule has 0 saturated heterocycles. The molecule has 0 rings (SSSR count). The van der Waals surface area contributed by atoms with E-state index in [9.17, 15) is 19.2 Å². The summed E-state index contributed by atoms with van der Waals surface area (Å²) in [6, 6.07) is -0.381. The number of unbranched alkanes of at least 4 members (excludes halogenated alkanes) is 1. The number of hydrogen-bond donors (Lipinski definition) is 1. The van der Waals surface area contributed by atoms with Crippen LogP contribution in [0.1, 0.15) is 32.6 Å². The van der Waals surface area contributed by atoms with Crippen LogP contribution < -0.4 is 5.32 Å². The van der Waals surface area contributed by atoms with Gasteiger partial charge in [0.2, 0.25) is 12.2 Å². The Labute approximate surface area is 162 Å². The van der Waals surface area contributed by atoms with Gasteiger partial charge < -0.3 is 9.47 Å². The van der Waals surface area contributed by atoms with E-state index in [1.54, 1.807) is 6.92 Å². The lowest BCUT2D eigenvalue weighted by Crippen LogP contribution is -2.32. The largest absolute Gasteiger partial charge is 0.449 e. The summed E-state index contributed by atoms with van der Waals surface area (Å²) in [6.07, 6.45) is 3.08. The molecule has 1 unspecified atom stereocenters. The van der Waals surface area contributed by atoms with Crippen molar-refractivity contribution in [2.24, 2.45) is 9.98 Å². The quantitative estimate of drug-likeness (QED) is 0.110. The second-order valence-electron chi connectivity index (χ2n) is 5.57. The second kappa shape index (κ2) is 17.6. The van der Waals surface area contributed by atoms with Crippen molar-refractivity contribution in [1.29, 1.82) is 0 Å². The second-order valence-corrected chi connectivity index (χ2v) is 5.57. The number of carbonyl (C=O) groups is 2. The van der Waals surface area contributed by atoms with E-state index in [0.717, 1.165) is 5.57 Å². The van der Waals surface area contributed by atoms with Crippen molar-refractivity contribution >= 4 is 24.3 Å². The Balaban J connectivity index is 3.86. The zero-order chi connectivity index (χ0) is 21.0. The highest BCUT2D eigenvalue weighted by Gasteiger charge is 2.12. The summed E-state index contributed by atoms with van der Waals surface area (Å²) in [4.78, 5) is 59.7. The van der Waals surface area contributed by atoms with Gasteiger partial charge in [-0.25, -0.2) is 44.3 Å². The Bertz CT molecular complexity index is 583. The van der Waals surface area contributed by atoms with Crippen LogP contribution >= 0.6 is 0 Å². The Morgan fingerprint density at radius 2 is 1.71 bits per heavy atom. The Morgan fingerprint density at radius 3 is 2.36 bits per heavy atom. The number of carbonyl (C=O) groups excluding carboxylic acids is 4. The van der Waals surface area contributed by atoms with Gasteiger partial charge >= 0.3 is 12.2 Å². The summed E-state index contributed by atoms with van der Waals surface area (Å²) in [6.45, 7) is 5.75. The SMILES string of the molecule is C=C(C)COOCCOC(=O)NC(=O)OCCC(CCCCN=C=O)N=C=O. The van der Waals surface area contributed by atoms with Crippen LogP contribution in [0.4, 0.5) is 9.59 Å². The molecule has 0 aromatic heterocycles. The molecule has 0 heterocycles. The van der Waals surface area contributed by atoms with Crippen molar-refractivity contribution in [3.63, 3.8) is 0 Å². The van der Waals surface area contributed by atoms with E-state index >= 15 is 0 Å². The molecule has 0 spiro atoms. The molecule has 1 N–H and O–H groups in total. The molecule has 0 aromatic carbocycles. The Kier molecular flexibility index (Phi) is 15.8. The number of isocyanates is 2. The highest BCUT2D eigenvalue weighted by atomic mass is 17.2. The summed E-state index contributed by atoms with van der Waals surface area (Å²) < 4.78 is 9.52. The number of nitrogens with zero attached hydrogens (tertiary/aromatic N) is 2. The van der Waals surface area contributed by atoms with Gasteiger partial charge in [0.25, 0.3) is 0 Å². The number of alkyl carbamates (subject to hydrolysis) is 2. The van der Waals surface area contributed by atoms with Crippen LogP contribution in [0, 0.1) is 0 Å². The molecule has 0 saturated carbocycles. The smallest absolute Gasteiger partial charge is 0.416 e. The monoisotopic (exact) mass is 399 g/mol. The summed E-state index contributed by atoms with van der Waals surface area (Å²) in [5.74, 6) is 0. The van der Waals surface area contributed by atoms with Crippen LogP contribution in [0.15, 0.2) is 22.1 Å². The fourth-order valence-corrected chi connectivity index (χ4v) is 1.78. The molecule has 1 atom stereocenters. The molecule has 0 bridgehead atoms. The minimum absolute atomic E-state index is 0.0146. The predicted molar refractivity (Wildman–Crippen MR) is 95.9 cm³/mol. The van der Waals surface area contributed by atoms with E-state index in [2.05, 4.69) is 21.3 Å². The molecule has 0 aliphatic rings. The van der Waals surface area contributed by atoms with E-state index in [1.807, 2.05) is 5.32 Å². The number of ether oxygens (including phenoxy) is 2. The van der Waals surface area contributed by atoms with Gasteiger partial charge in [-0.1, -0.05) is 12.2 Å². The standard InChI is InChI=1S/C17H25N3O8/c1-14(2)11-28-27-10-9-26-17(24)20-16(23)25-8-6-15(19-13-22)5-3-4-7-18-12-21/h15H,1,3-11H2,2H3,(H,20,23,24). The van der Waals surface area contributed by atoms with Gasteiger partial charge in [0.05, 0.1) is 19.2 Å². The van der Waals surface area contributed by atoms with Gasteiger partial charge in [-0.05, 0) is 26.2 Å². The van der Waals surface area contributed by atoms with Gasteiger partial charge in [0, 0.05) is 6.42 Å².